The molecule has 112 valence electrons. The highest BCUT2D eigenvalue weighted by atomic mass is 32.2. The molecule has 8 heteroatoms. The largest absolute Gasteiger partial charge is 0.384 e. The number of rotatable bonds is 5. The molecule has 0 saturated carbocycles. The third-order valence-corrected chi connectivity index (χ3v) is 4.76. The summed E-state index contributed by atoms with van der Waals surface area (Å²) >= 11 is 0. The van der Waals surface area contributed by atoms with Gasteiger partial charge in [-0.1, -0.05) is 11.2 Å². The second-order valence-corrected chi connectivity index (χ2v) is 6.65. The van der Waals surface area contributed by atoms with E-state index in [9.17, 15) is 8.42 Å². The van der Waals surface area contributed by atoms with E-state index in [0.29, 0.717) is 18.1 Å². The molecule has 0 amide bonds. The highest BCUT2D eigenvalue weighted by Gasteiger charge is 2.18. The predicted molar refractivity (Wildman–Crippen MR) is 76.6 cm³/mol. The number of fused-ring (bicyclic) bond motifs is 1. The lowest BCUT2D eigenvalue weighted by Gasteiger charge is -2.07. The molecule has 0 unspecified atom stereocenters. The third-order valence-electron chi connectivity index (χ3n) is 3.30. The molecule has 1 aliphatic rings. The van der Waals surface area contributed by atoms with Gasteiger partial charge in [0.15, 0.2) is 5.82 Å². The average Bonchev–Trinajstić information content (AvgIpc) is 3.06. The zero-order valence-electron chi connectivity index (χ0n) is 11.6. The van der Waals surface area contributed by atoms with E-state index in [1.807, 2.05) is 6.07 Å². The lowest BCUT2D eigenvalue weighted by atomic mass is 10.2. The van der Waals surface area contributed by atoms with E-state index in [2.05, 4.69) is 20.2 Å². The van der Waals surface area contributed by atoms with Crippen LogP contribution in [0.3, 0.4) is 0 Å². The van der Waals surface area contributed by atoms with Crippen LogP contribution >= 0.6 is 0 Å². The van der Waals surface area contributed by atoms with E-state index in [-0.39, 0.29) is 11.4 Å². The second-order valence-electron chi connectivity index (χ2n) is 4.88. The summed E-state index contributed by atoms with van der Waals surface area (Å²) in [4.78, 5) is 4.29. The molecule has 7 nitrogen and oxygen atoms in total. The summed E-state index contributed by atoms with van der Waals surface area (Å²) < 4.78 is 31.9. The van der Waals surface area contributed by atoms with Gasteiger partial charge in [0.1, 0.15) is 0 Å². The summed E-state index contributed by atoms with van der Waals surface area (Å²) in [5.74, 6) is 0.961. The van der Waals surface area contributed by atoms with Gasteiger partial charge < -0.3 is 9.84 Å². The number of aryl methyl sites for hydroxylation is 1. The van der Waals surface area contributed by atoms with Gasteiger partial charge in [-0.2, -0.15) is 4.98 Å². The van der Waals surface area contributed by atoms with Crippen LogP contribution in [0.2, 0.25) is 0 Å². The fraction of sp³-hybridized carbons (Fsp3) is 0.385. The van der Waals surface area contributed by atoms with Crippen molar-refractivity contribution in [2.24, 2.45) is 0 Å². The van der Waals surface area contributed by atoms with E-state index >= 15 is 0 Å². The van der Waals surface area contributed by atoms with E-state index in [1.165, 1.54) is 0 Å². The number of hydrogen-bond acceptors (Lipinski definition) is 6. The third kappa shape index (κ3) is 3.06. The van der Waals surface area contributed by atoms with Crippen molar-refractivity contribution in [3.63, 3.8) is 0 Å². The molecule has 0 saturated heterocycles. The molecule has 1 aliphatic heterocycles. The van der Waals surface area contributed by atoms with E-state index in [4.69, 9.17) is 4.52 Å². The van der Waals surface area contributed by atoms with Crippen LogP contribution in [-0.2, 0) is 22.9 Å². The van der Waals surface area contributed by atoms with Crippen LogP contribution < -0.4 is 10.0 Å². The van der Waals surface area contributed by atoms with Crippen molar-refractivity contribution in [1.29, 1.82) is 0 Å². The molecule has 0 radical (unpaired) electrons. The van der Waals surface area contributed by atoms with Crippen molar-refractivity contribution < 1.29 is 12.9 Å². The summed E-state index contributed by atoms with van der Waals surface area (Å²) in [7, 11) is -3.53. The van der Waals surface area contributed by atoms with Gasteiger partial charge in [0.25, 0.3) is 0 Å². The number of anilines is 1. The van der Waals surface area contributed by atoms with Crippen molar-refractivity contribution >= 4 is 15.7 Å². The maximum Gasteiger partial charge on any atom is 0.240 e. The number of benzene rings is 1. The maximum atomic E-state index is 12.2. The molecule has 0 bridgehead atoms. The first-order valence-electron chi connectivity index (χ1n) is 6.70. The molecule has 21 heavy (non-hydrogen) atoms. The SMILES string of the molecule is Cc1noc(CCNS(=O)(=O)c2ccc3c(c2)NCC3)n1. The molecule has 2 aromatic rings. The summed E-state index contributed by atoms with van der Waals surface area (Å²) in [5.41, 5.74) is 2.04. The quantitative estimate of drug-likeness (QED) is 0.850. The van der Waals surface area contributed by atoms with Gasteiger partial charge in [-0.25, -0.2) is 13.1 Å². The van der Waals surface area contributed by atoms with Crippen LogP contribution in [0.5, 0.6) is 0 Å². The topological polar surface area (TPSA) is 97.1 Å². The van der Waals surface area contributed by atoms with Crippen molar-refractivity contribution in [3.8, 4) is 0 Å². The van der Waals surface area contributed by atoms with Gasteiger partial charge in [0.2, 0.25) is 15.9 Å². The van der Waals surface area contributed by atoms with E-state index < -0.39 is 10.0 Å². The smallest absolute Gasteiger partial charge is 0.240 e. The van der Waals surface area contributed by atoms with E-state index in [0.717, 1.165) is 24.2 Å². The first kappa shape index (κ1) is 14.0. The number of nitrogens with zero attached hydrogens (tertiary/aromatic N) is 2. The number of sulfonamides is 1. The van der Waals surface area contributed by atoms with Crippen molar-refractivity contribution in [1.82, 2.24) is 14.9 Å². The minimum Gasteiger partial charge on any atom is -0.384 e. The van der Waals surface area contributed by atoms with Crippen LogP contribution in [0, 0.1) is 6.92 Å². The van der Waals surface area contributed by atoms with Crippen LogP contribution in [0.15, 0.2) is 27.6 Å². The zero-order chi connectivity index (χ0) is 14.9. The summed E-state index contributed by atoms with van der Waals surface area (Å²) in [5, 5.41) is 6.83. The lowest BCUT2D eigenvalue weighted by molar-refractivity contribution is 0.375. The van der Waals surface area contributed by atoms with Gasteiger partial charge >= 0.3 is 0 Å². The Morgan fingerprint density at radius 2 is 2.29 bits per heavy atom. The molecule has 1 aromatic heterocycles. The molecule has 1 aromatic carbocycles. The Bertz CT molecular complexity index is 755. The Morgan fingerprint density at radius 1 is 1.43 bits per heavy atom. The van der Waals surface area contributed by atoms with Gasteiger partial charge in [-0.3, -0.25) is 0 Å². The molecule has 2 N–H and O–H groups in total. The molecule has 0 atom stereocenters. The van der Waals surface area contributed by atoms with Crippen LogP contribution in [0.1, 0.15) is 17.3 Å². The molecular formula is C13H16N4O3S. The zero-order valence-corrected chi connectivity index (χ0v) is 12.4. The molecule has 2 heterocycles. The standard InChI is InChI=1S/C13H16N4O3S/c1-9-16-13(20-17-9)5-7-15-21(18,19)11-3-2-10-4-6-14-12(10)8-11/h2-3,8,14-15H,4-7H2,1H3. The fourth-order valence-electron chi connectivity index (χ4n) is 2.25. The average molecular weight is 308 g/mol. The minimum absolute atomic E-state index is 0.217. The van der Waals surface area contributed by atoms with E-state index in [1.54, 1.807) is 19.1 Å². The van der Waals surface area contributed by atoms with Crippen molar-refractivity contribution in [2.75, 3.05) is 18.4 Å². The van der Waals surface area contributed by atoms with Crippen molar-refractivity contribution in [2.45, 2.75) is 24.7 Å². The molecule has 0 aliphatic carbocycles. The van der Waals surface area contributed by atoms with Gasteiger partial charge in [-0.05, 0) is 31.0 Å². The molecule has 3 rings (SSSR count). The monoisotopic (exact) mass is 308 g/mol. The first-order chi connectivity index (χ1) is 10.0. The van der Waals surface area contributed by atoms with Crippen molar-refractivity contribution in [3.05, 3.63) is 35.5 Å². The normalized spacial score (nSPS) is 14.0. The molecule has 0 spiro atoms. The second kappa shape index (κ2) is 5.45. The Balaban J connectivity index is 1.66. The van der Waals surface area contributed by atoms with Crippen LogP contribution in [-0.4, -0.2) is 31.6 Å². The van der Waals surface area contributed by atoms with Crippen LogP contribution in [0.4, 0.5) is 5.69 Å². The lowest BCUT2D eigenvalue weighted by Crippen LogP contribution is -2.26. The highest BCUT2D eigenvalue weighted by molar-refractivity contribution is 7.89. The predicted octanol–water partition coefficient (Wildman–Crippen LogP) is 0.867. The van der Waals surface area contributed by atoms with Crippen LogP contribution in [0.25, 0.3) is 0 Å². The Morgan fingerprint density at radius 3 is 3.05 bits per heavy atom. The van der Waals surface area contributed by atoms with Gasteiger partial charge in [0, 0.05) is 25.2 Å². The number of nitrogens with one attached hydrogen (secondary N) is 2. The summed E-state index contributed by atoms with van der Waals surface area (Å²) in [6, 6.07) is 5.15. The number of hydrogen-bond donors (Lipinski definition) is 2. The molecule has 0 fully saturated rings. The number of aromatic nitrogens is 2. The maximum absolute atomic E-state index is 12.2. The Labute approximate surface area is 122 Å². The minimum atomic E-state index is -3.53. The summed E-state index contributed by atoms with van der Waals surface area (Å²) in [6.45, 7) is 2.78. The molecular weight excluding hydrogens is 292 g/mol. The summed E-state index contributed by atoms with van der Waals surface area (Å²) in [6.07, 6.45) is 1.29. The van der Waals surface area contributed by atoms with Gasteiger partial charge in [0.05, 0.1) is 4.90 Å². The Kier molecular flexibility index (Phi) is 3.64. The fourth-order valence-corrected chi connectivity index (χ4v) is 3.31. The highest BCUT2D eigenvalue weighted by Crippen LogP contribution is 2.25. The van der Waals surface area contributed by atoms with Gasteiger partial charge in [-0.15, -0.1) is 0 Å². The first-order valence-corrected chi connectivity index (χ1v) is 8.18. The Hall–Kier alpha value is -1.93.